The lowest BCUT2D eigenvalue weighted by atomic mass is 9.83. The Morgan fingerprint density at radius 3 is 2.48 bits per heavy atom. The number of aromatic nitrogens is 1. The van der Waals surface area contributed by atoms with Gasteiger partial charge in [-0.15, -0.1) is 0 Å². The van der Waals surface area contributed by atoms with E-state index in [4.69, 9.17) is 19.9 Å². The van der Waals surface area contributed by atoms with Crippen molar-refractivity contribution in [2.24, 2.45) is 5.73 Å². The van der Waals surface area contributed by atoms with E-state index in [2.05, 4.69) is 6.07 Å². The molecular formula is C26H25N3O4. The van der Waals surface area contributed by atoms with Crippen LogP contribution in [-0.4, -0.2) is 18.8 Å². The second-order valence-electron chi connectivity index (χ2n) is 7.95. The number of benzene rings is 2. The number of hydrogen-bond donors (Lipinski definition) is 1. The van der Waals surface area contributed by atoms with Crippen LogP contribution in [0, 0.1) is 25.2 Å². The molecule has 0 saturated heterocycles. The molecule has 1 aliphatic heterocycles. The summed E-state index contributed by atoms with van der Waals surface area (Å²) in [7, 11) is 3.05. The highest BCUT2D eigenvalue weighted by molar-refractivity contribution is 5.60. The molecule has 0 amide bonds. The number of hydrogen-bond acceptors (Lipinski definition) is 6. The standard InChI is InChI=1S/C26H25N3O4/c1-15-8-10-17(11-9-15)14-29-16(2)12-21-23(26(29)30)22(19(13-27)25(28)33-21)18-6-5-7-20(31-3)24(18)32-4/h5-12,22H,14,28H2,1-4H3. The SMILES string of the molecule is COc1cccc(C2C(C#N)=C(N)Oc3cc(C)n(Cc4ccc(C)cc4)c(=O)c32)c1OC. The van der Waals surface area contributed by atoms with Crippen LogP contribution < -0.4 is 25.5 Å². The van der Waals surface area contributed by atoms with Gasteiger partial charge in [0.25, 0.3) is 5.56 Å². The zero-order chi connectivity index (χ0) is 23.7. The molecule has 0 bridgehead atoms. The average molecular weight is 444 g/mol. The summed E-state index contributed by atoms with van der Waals surface area (Å²) < 4.78 is 18.5. The molecule has 0 radical (unpaired) electrons. The number of methoxy groups -OCH3 is 2. The Morgan fingerprint density at radius 2 is 1.85 bits per heavy atom. The van der Waals surface area contributed by atoms with Crippen LogP contribution in [0.25, 0.3) is 0 Å². The minimum Gasteiger partial charge on any atom is -0.493 e. The zero-order valence-corrected chi connectivity index (χ0v) is 19.0. The monoisotopic (exact) mass is 443 g/mol. The van der Waals surface area contributed by atoms with Gasteiger partial charge < -0.3 is 24.5 Å². The first-order valence-electron chi connectivity index (χ1n) is 10.5. The predicted octanol–water partition coefficient (Wildman–Crippen LogP) is 3.75. The number of pyridine rings is 1. The Labute approximate surface area is 192 Å². The number of rotatable bonds is 5. The van der Waals surface area contributed by atoms with E-state index < -0.39 is 5.92 Å². The van der Waals surface area contributed by atoms with Crippen LogP contribution in [-0.2, 0) is 6.54 Å². The number of aryl methyl sites for hydroxylation is 2. The van der Waals surface area contributed by atoms with Gasteiger partial charge in [0.15, 0.2) is 11.5 Å². The normalized spacial score (nSPS) is 14.8. The van der Waals surface area contributed by atoms with Crippen LogP contribution in [0.5, 0.6) is 17.2 Å². The van der Waals surface area contributed by atoms with Crippen LogP contribution in [0.2, 0.25) is 0 Å². The third-order valence-corrected chi connectivity index (χ3v) is 5.90. The van der Waals surface area contributed by atoms with E-state index in [0.717, 1.165) is 16.8 Å². The summed E-state index contributed by atoms with van der Waals surface area (Å²) in [4.78, 5) is 13.8. The highest BCUT2D eigenvalue weighted by Gasteiger charge is 2.36. The van der Waals surface area contributed by atoms with Gasteiger partial charge in [-0.05, 0) is 25.5 Å². The molecular weight excluding hydrogens is 418 g/mol. The Morgan fingerprint density at radius 1 is 1.12 bits per heavy atom. The van der Waals surface area contributed by atoms with Crippen molar-refractivity contribution < 1.29 is 14.2 Å². The molecule has 2 aromatic carbocycles. The molecule has 7 heteroatoms. The first kappa shape index (κ1) is 22.0. The number of nitrogens with zero attached hydrogens (tertiary/aromatic N) is 2. The predicted molar refractivity (Wildman–Crippen MR) is 125 cm³/mol. The Balaban J connectivity index is 1.96. The minimum atomic E-state index is -0.763. The van der Waals surface area contributed by atoms with Gasteiger partial charge in [0.1, 0.15) is 17.4 Å². The molecule has 1 atom stereocenters. The van der Waals surface area contributed by atoms with Crippen molar-refractivity contribution in [2.45, 2.75) is 26.3 Å². The highest BCUT2D eigenvalue weighted by atomic mass is 16.5. The molecule has 2 N–H and O–H groups in total. The van der Waals surface area contributed by atoms with E-state index in [0.29, 0.717) is 34.9 Å². The molecule has 0 aliphatic carbocycles. The fourth-order valence-corrected chi connectivity index (χ4v) is 4.21. The summed E-state index contributed by atoms with van der Waals surface area (Å²) >= 11 is 0. The van der Waals surface area contributed by atoms with E-state index in [-0.39, 0.29) is 17.0 Å². The van der Waals surface area contributed by atoms with Crippen molar-refractivity contribution in [1.82, 2.24) is 4.57 Å². The largest absolute Gasteiger partial charge is 0.493 e. The van der Waals surface area contributed by atoms with Gasteiger partial charge in [0.2, 0.25) is 5.88 Å². The zero-order valence-electron chi connectivity index (χ0n) is 19.0. The van der Waals surface area contributed by atoms with E-state index in [1.807, 2.05) is 38.1 Å². The minimum absolute atomic E-state index is 0.0324. The van der Waals surface area contributed by atoms with Crippen molar-refractivity contribution in [3.8, 4) is 23.3 Å². The summed E-state index contributed by atoms with van der Waals surface area (Å²) in [5.74, 6) is 0.467. The third-order valence-electron chi connectivity index (χ3n) is 5.90. The van der Waals surface area contributed by atoms with Gasteiger partial charge in [-0.25, -0.2) is 0 Å². The third kappa shape index (κ3) is 3.80. The van der Waals surface area contributed by atoms with Gasteiger partial charge in [-0.2, -0.15) is 5.26 Å². The quantitative estimate of drug-likeness (QED) is 0.645. The van der Waals surface area contributed by atoms with Crippen LogP contribution in [0.3, 0.4) is 0 Å². The Bertz CT molecular complexity index is 1350. The van der Waals surface area contributed by atoms with Crippen molar-refractivity contribution in [2.75, 3.05) is 14.2 Å². The maximum atomic E-state index is 13.8. The summed E-state index contributed by atoms with van der Waals surface area (Å²) in [6.07, 6.45) is 0. The van der Waals surface area contributed by atoms with E-state index >= 15 is 0 Å². The van der Waals surface area contributed by atoms with E-state index in [9.17, 15) is 10.1 Å². The fraction of sp³-hybridized carbons (Fsp3) is 0.231. The van der Waals surface area contributed by atoms with Crippen molar-refractivity contribution in [3.05, 3.63) is 98.3 Å². The average Bonchev–Trinajstić information content (AvgIpc) is 2.81. The molecule has 1 aromatic heterocycles. The Hall–Kier alpha value is -4.18. The molecule has 0 spiro atoms. The number of nitrogens with two attached hydrogens (primary N) is 1. The number of fused-ring (bicyclic) bond motifs is 1. The molecule has 1 unspecified atom stereocenters. The van der Waals surface area contributed by atoms with Gasteiger partial charge >= 0.3 is 0 Å². The summed E-state index contributed by atoms with van der Waals surface area (Å²) in [6.45, 7) is 4.26. The molecule has 3 aromatic rings. The van der Waals surface area contributed by atoms with Crippen LogP contribution in [0.15, 0.2) is 64.8 Å². The first-order chi connectivity index (χ1) is 15.9. The molecule has 168 valence electrons. The topological polar surface area (TPSA) is 99.5 Å². The summed E-state index contributed by atoms with van der Waals surface area (Å²) in [5, 5.41) is 9.94. The van der Waals surface area contributed by atoms with Crippen molar-refractivity contribution in [1.29, 1.82) is 5.26 Å². The van der Waals surface area contributed by atoms with Crippen molar-refractivity contribution in [3.63, 3.8) is 0 Å². The highest BCUT2D eigenvalue weighted by Crippen LogP contribution is 2.46. The number of allylic oxidation sites excluding steroid dienone is 1. The smallest absolute Gasteiger partial charge is 0.259 e. The summed E-state index contributed by atoms with van der Waals surface area (Å²) in [6, 6.07) is 17.3. The van der Waals surface area contributed by atoms with Gasteiger partial charge in [0.05, 0.1) is 32.2 Å². The maximum Gasteiger partial charge on any atom is 0.259 e. The first-order valence-corrected chi connectivity index (χ1v) is 10.5. The lowest BCUT2D eigenvalue weighted by Gasteiger charge is -2.28. The molecule has 0 saturated carbocycles. The van der Waals surface area contributed by atoms with Crippen LogP contribution in [0.1, 0.15) is 33.9 Å². The number of ether oxygens (including phenoxy) is 3. The molecule has 33 heavy (non-hydrogen) atoms. The summed E-state index contributed by atoms with van der Waals surface area (Å²) in [5.41, 5.74) is 9.83. The van der Waals surface area contributed by atoms with Crippen molar-refractivity contribution >= 4 is 0 Å². The van der Waals surface area contributed by atoms with Gasteiger partial charge in [0, 0.05) is 17.3 Å². The van der Waals surface area contributed by atoms with Crippen LogP contribution in [0.4, 0.5) is 0 Å². The Kier molecular flexibility index (Phi) is 5.84. The van der Waals surface area contributed by atoms with E-state index in [1.165, 1.54) is 14.2 Å². The second kappa shape index (κ2) is 8.75. The molecule has 2 heterocycles. The van der Waals surface area contributed by atoms with E-state index in [1.54, 1.807) is 28.8 Å². The molecule has 1 aliphatic rings. The number of nitriles is 1. The van der Waals surface area contributed by atoms with Gasteiger partial charge in [-0.3, -0.25) is 4.79 Å². The molecule has 0 fully saturated rings. The fourth-order valence-electron chi connectivity index (χ4n) is 4.21. The molecule has 7 nitrogen and oxygen atoms in total. The lowest BCUT2D eigenvalue weighted by Crippen LogP contribution is -2.33. The van der Waals surface area contributed by atoms with Gasteiger partial charge in [-0.1, -0.05) is 42.0 Å². The second-order valence-corrected chi connectivity index (χ2v) is 7.95. The van der Waals surface area contributed by atoms with Crippen LogP contribution >= 0.6 is 0 Å². The molecule has 4 rings (SSSR count). The maximum absolute atomic E-state index is 13.8. The lowest BCUT2D eigenvalue weighted by molar-refractivity contribution is 0.348. The number of para-hydroxylation sites is 1.